The van der Waals surface area contributed by atoms with Crippen molar-refractivity contribution in [2.75, 3.05) is 19.6 Å². The first-order chi connectivity index (χ1) is 14.9. The van der Waals surface area contributed by atoms with Gasteiger partial charge in [-0.1, -0.05) is 0 Å². The van der Waals surface area contributed by atoms with Gasteiger partial charge in [0.2, 0.25) is 0 Å². The molecule has 8 nitrogen and oxygen atoms in total. The van der Waals surface area contributed by atoms with Crippen molar-refractivity contribution in [2.24, 2.45) is 14.1 Å². The van der Waals surface area contributed by atoms with Crippen molar-refractivity contribution in [3.63, 3.8) is 0 Å². The van der Waals surface area contributed by atoms with E-state index in [1.807, 2.05) is 10.8 Å². The number of imidazole rings is 1. The zero-order valence-electron chi connectivity index (χ0n) is 17.6. The van der Waals surface area contributed by atoms with Gasteiger partial charge < -0.3 is 14.5 Å². The van der Waals surface area contributed by atoms with Gasteiger partial charge in [-0.3, -0.25) is 13.9 Å². The number of rotatable bonds is 4. The first-order valence-corrected chi connectivity index (χ1v) is 10.5. The van der Waals surface area contributed by atoms with Gasteiger partial charge in [0.1, 0.15) is 5.82 Å². The number of aromatic nitrogens is 5. The highest BCUT2D eigenvalue weighted by Crippen LogP contribution is 2.33. The van der Waals surface area contributed by atoms with Crippen LogP contribution in [0.4, 0.5) is 4.39 Å². The quantitative estimate of drug-likeness (QED) is 0.543. The van der Waals surface area contributed by atoms with E-state index in [1.165, 1.54) is 23.2 Å². The fraction of sp³-hybridized carbons (Fsp3) is 0.409. The van der Waals surface area contributed by atoms with Crippen LogP contribution in [-0.4, -0.2) is 48.2 Å². The molecule has 1 aliphatic heterocycles. The molecule has 4 heterocycles. The van der Waals surface area contributed by atoms with Crippen LogP contribution in [0, 0.1) is 5.82 Å². The van der Waals surface area contributed by atoms with Crippen molar-refractivity contribution >= 4 is 22.1 Å². The molecule has 0 radical (unpaired) electrons. The highest BCUT2D eigenvalue weighted by Gasteiger charge is 2.23. The summed E-state index contributed by atoms with van der Waals surface area (Å²) >= 11 is 0. The Balaban J connectivity index is 1.28. The van der Waals surface area contributed by atoms with Crippen molar-refractivity contribution in [1.29, 1.82) is 0 Å². The summed E-state index contributed by atoms with van der Waals surface area (Å²) in [5.41, 5.74) is 2.35. The van der Waals surface area contributed by atoms with Gasteiger partial charge in [0.05, 0.1) is 6.33 Å². The van der Waals surface area contributed by atoms with Crippen molar-refractivity contribution < 1.29 is 4.39 Å². The SMILES string of the molecule is Cn1c(=O)c2c(ncn2CCN2CCC(c3c[nH]c4ccc(F)cc34)CC2)n(C)c1=O. The van der Waals surface area contributed by atoms with Crippen LogP contribution in [0.15, 0.2) is 40.3 Å². The molecule has 31 heavy (non-hydrogen) atoms. The Bertz CT molecular complexity index is 1390. The molecule has 0 unspecified atom stereocenters. The number of benzene rings is 1. The summed E-state index contributed by atoms with van der Waals surface area (Å²) in [5.74, 6) is 0.199. The standard InChI is InChI=1S/C22H25FN6O2/c1-26-20-19(21(30)27(2)22(26)31)29(13-25-20)10-9-28-7-5-14(6-8-28)17-12-24-18-4-3-15(23)11-16(17)18/h3-4,11-14,24H,5-10H2,1-2H3. The highest BCUT2D eigenvalue weighted by molar-refractivity contribution is 5.83. The number of aromatic amines is 1. The smallest absolute Gasteiger partial charge is 0.332 e. The summed E-state index contributed by atoms with van der Waals surface area (Å²) in [5, 5.41) is 0.977. The maximum atomic E-state index is 13.7. The van der Waals surface area contributed by atoms with Crippen LogP contribution in [-0.2, 0) is 20.6 Å². The molecule has 162 valence electrons. The molecule has 0 atom stereocenters. The Morgan fingerprint density at radius 3 is 2.68 bits per heavy atom. The van der Waals surface area contributed by atoms with Crippen LogP contribution < -0.4 is 11.2 Å². The van der Waals surface area contributed by atoms with Gasteiger partial charge in [-0.05, 0) is 55.6 Å². The van der Waals surface area contributed by atoms with E-state index in [4.69, 9.17) is 0 Å². The van der Waals surface area contributed by atoms with Gasteiger partial charge in [0, 0.05) is 44.3 Å². The van der Waals surface area contributed by atoms with Crippen LogP contribution in [0.1, 0.15) is 24.3 Å². The molecular weight excluding hydrogens is 399 g/mol. The lowest BCUT2D eigenvalue weighted by Crippen LogP contribution is -2.38. The molecule has 9 heteroatoms. The molecular formula is C22H25FN6O2. The number of piperidine rings is 1. The summed E-state index contributed by atoms with van der Waals surface area (Å²) < 4.78 is 18.1. The number of likely N-dealkylation sites (tertiary alicyclic amines) is 1. The molecule has 0 saturated carbocycles. The Morgan fingerprint density at radius 1 is 1.13 bits per heavy atom. The Kier molecular flexibility index (Phi) is 4.77. The molecule has 0 spiro atoms. The second-order valence-corrected chi connectivity index (χ2v) is 8.37. The van der Waals surface area contributed by atoms with E-state index in [9.17, 15) is 14.0 Å². The van der Waals surface area contributed by atoms with E-state index in [1.54, 1.807) is 25.5 Å². The summed E-state index contributed by atoms with van der Waals surface area (Å²) in [6.45, 7) is 3.31. The van der Waals surface area contributed by atoms with Gasteiger partial charge in [-0.2, -0.15) is 0 Å². The average Bonchev–Trinajstić information content (AvgIpc) is 3.39. The van der Waals surface area contributed by atoms with E-state index in [-0.39, 0.29) is 17.1 Å². The van der Waals surface area contributed by atoms with Gasteiger partial charge >= 0.3 is 5.69 Å². The van der Waals surface area contributed by atoms with Crippen molar-refractivity contribution in [3.05, 3.63) is 62.9 Å². The first-order valence-electron chi connectivity index (χ1n) is 10.5. The molecule has 1 saturated heterocycles. The van der Waals surface area contributed by atoms with Crippen LogP contribution in [0.2, 0.25) is 0 Å². The lowest BCUT2D eigenvalue weighted by atomic mass is 9.89. The number of aryl methyl sites for hydroxylation is 1. The minimum atomic E-state index is -0.373. The van der Waals surface area contributed by atoms with Crippen molar-refractivity contribution in [1.82, 2.24) is 28.6 Å². The number of H-pyrrole nitrogens is 1. The zero-order valence-corrected chi connectivity index (χ0v) is 17.6. The van der Waals surface area contributed by atoms with Gasteiger partial charge in [0.15, 0.2) is 11.2 Å². The predicted octanol–water partition coefficient (Wildman–Crippen LogP) is 1.93. The second kappa shape index (κ2) is 7.49. The van der Waals surface area contributed by atoms with E-state index in [2.05, 4.69) is 14.9 Å². The third kappa shape index (κ3) is 3.29. The van der Waals surface area contributed by atoms with Crippen molar-refractivity contribution in [2.45, 2.75) is 25.3 Å². The molecule has 1 aliphatic rings. The third-order valence-electron chi connectivity index (χ3n) is 6.58. The van der Waals surface area contributed by atoms with Crippen LogP contribution >= 0.6 is 0 Å². The molecule has 1 aromatic carbocycles. The number of halogens is 1. The van der Waals surface area contributed by atoms with E-state index in [0.717, 1.165) is 47.9 Å². The van der Waals surface area contributed by atoms with Gasteiger partial charge in [-0.25, -0.2) is 14.2 Å². The zero-order chi connectivity index (χ0) is 21.7. The lowest BCUT2D eigenvalue weighted by Gasteiger charge is -2.32. The number of hydrogen-bond donors (Lipinski definition) is 1. The predicted molar refractivity (Wildman–Crippen MR) is 117 cm³/mol. The van der Waals surface area contributed by atoms with Crippen LogP contribution in [0.5, 0.6) is 0 Å². The first kappa shape index (κ1) is 19.7. The number of nitrogens with one attached hydrogen (secondary N) is 1. The van der Waals surface area contributed by atoms with Crippen molar-refractivity contribution in [3.8, 4) is 0 Å². The summed E-state index contributed by atoms with van der Waals surface area (Å²) in [6, 6.07) is 4.89. The second-order valence-electron chi connectivity index (χ2n) is 8.37. The summed E-state index contributed by atoms with van der Waals surface area (Å²) in [4.78, 5) is 34.6. The summed E-state index contributed by atoms with van der Waals surface area (Å²) in [7, 11) is 3.12. The molecule has 0 amide bonds. The third-order valence-corrected chi connectivity index (χ3v) is 6.58. The largest absolute Gasteiger partial charge is 0.361 e. The Hall–Kier alpha value is -3.20. The lowest BCUT2D eigenvalue weighted by molar-refractivity contribution is 0.206. The van der Waals surface area contributed by atoms with E-state index in [0.29, 0.717) is 23.6 Å². The molecule has 3 aromatic heterocycles. The molecule has 1 N–H and O–H groups in total. The molecule has 0 bridgehead atoms. The maximum absolute atomic E-state index is 13.7. The molecule has 1 fully saturated rings. The minimum Gasteiger partial charge on any atom is -0.361 e. The van der Waals surface area contributed by atoms with E-state index >= 15 is 0 Å². The topological polar surface area (TPSA) is 80.8 Å². The number of hydrogen-bond acceptors (Lipinski definition) is 4. The highest BCUT2D eigenvalue weighted by atomic mass is 19.1. The van der Waals surface area contributed by atoms with Crippen LogP contribution in [0.3, 0.4) is 0 Å². The number of fused-ring (bicyclic) bond motifs is 2. The summed E-state index contributed by atoms with van der Waals surface area (Å²) in [6.07, 6.45) is 5.66. The fourth-order valence-corrected chi connectivity index (χ4v) is 4.74. The maximum Gasteiger partial charge on any atom is 0.332 e. The molecule has 5 rings (SSSR count). The average molecular weight is 424 g/mol. The molecule has 0 aliphatic carbocycles. The van der Waals surface area contributed by atoms with E-state index < -0.39 is 0 Å². The normalized spacial score (nSPS) is 16.0. The monoisotopic (exact) mass is 424 g/mol. The Morgan fingerprint density at radius 2 is 1.90 bits per heavy atom. The van der Waals surface area contributed by atoms with Gasteiger partial charge in [-0.15, -0.1) is 0 Å². The number of nitrogens with zero attached hydrogens (tertiary/aromatic N) is 5. The fourth-order valence-electron chi connectivity index (χ4n) is 4.74. The minimum absolute atomic E-state index is 0.206. The van der Waals surface area contributed by atoms with Gasteiger partial charge in [0.25, 0.3) is 5.56 Å². The van der Waals surface area contributed by atoms with Crippen LogP contribution in [0.25, 0.3) is 22.1 Å². The Labute approximate surface area is 177 Å². The molecule has 4 aromatic rings.